The molecule has 84 valence electrons. The van der Waals surface area contributed by atoms with Crippen LogP contribution in [0.25, 0.3) is 10.9 Å². The molecule has 16 heavy (non-hydrogen) atoms. The Balaban J connectivity index is 2.74. The smallest absolute Gasteiger partial charge is 0.139 e. The van der Waals surface area contributed by atoms with Gasteiger partial charge in [-0.1, -0.05) is 25.4 Å². The van der Waals surface area contributed by atoms with Crippen LogP contribution in [0.4, 0.5) is 4.39 Å². The molecule has 0 aliphatic heterocycles. The van der Waals surface area contributed by atoms with Crippen molar-refractivity contribution in [2.75, 3.05) is 0 Å². The van der Waals surface area contributed by atoms with Gasteiger partial charge in [0.15, 0.2) is 0 Å². The Morgan fingerprint density at radius 1 is 1.31 bits per heavy atom. The molecule has 0 aliphatic carbocycles. The van der Waals surface area contributed by atoms with Crippen LogP contribution in [-0.4, -0.2) is 4.98 Å². The van der Waals surface area contributed by atoms with E-state index < -0.39 is 0 Å². The van der Waals surface area contributed by atoms with E-state index in [2.05, 4.69) is 20.9 Å². The van der Waals surface area contributed by atoms with Gasteiger partial charge in [-0.25, -0.2) is 9.37 Å². The second-order valence-corrected chi connectivity index (χ2v) is 5.19. The molecule has 0 radical (unpaired) electrons. The van der Waals surface area contributed by atoms with E-state index >= 15 is 0 Å². The molecular formula is C12H10BrClFN. The molecule has 2 rings (SSSR count). The molecule has 0 atom stereocenters. The van der Waals surface area contributed by atoms with Gasteiger partial charge in [-0.3, -0.25) is 0 Å². The zero-order valence-electron chi connectivity index (χ0n) is 8.89. The summed E-state index contributed by atoms with van der Waals surface area (Å²) in [4.78, 5) is 4.20. The summed E-state index contributed by atoms with van der Waals surface area (Å²) in [5.41, 5.74) is 1.56. The highest BCUT2D eigenvalue weighted by Gasteiger charge is 2.10. The van der Waals surface area contributed by atoms with Crippen LogP contribution in [0.5, 0.6) is 0 Å². The Hall–Kier alpha value is -0.670. The first-order valence-electron chi connectivity index (χ1n) is 4.94. The second kappa shape index (κ2) is 4.30. The van der Waals surface area contributed by atoms with E-state index in [4.69, 9.17) is 11.6 Å². The molecule has 0 unspecified atom stereocenters. The summed E-state index contributed by atoms with van der Waals surface area (Å²) < 4.78 is 13.8. The SMILES string of the molecule is CC(C)c1cc2cc(Br)c(F)cc2nc1Cl. The fraction of sp³-hybridized carbons (Fsp3) is 0.250. The largest absolute Gasteiger partial charge is 0.236 e. The van der Waals surface area contributed by atoms with Gasteiger partial charge in [0.2, 0.25) is 0 Å². The Labute approximate surface area is 107 Å². The number of benzene rings is 1. The highest BCUT2D eigenvalue weighted by molar-refractivity contribution is 9.10. The number of hydrogen-bond donors (Lipinski definition) is 0. The summed E-state index contributed by atoms with van der Waals surface area (Å²) in [6.07, 6.45) is 0. The highest BCUT2D eigenvalue weighted by atomic mass is 79.9. The number of pyridine rings is 1. The maximum atomic E-state index is 13.3. The molecule has 1 nitrogen and oxygen atoms in total. The molecule has 0 saturated carbocycles. The average molecular weight is 303 g/mol. The van der Waals surface area contributed by atoms with Crippen molar-refractivity contribution in [2.24, 2.45) is 0 Å². The van der Waals surface area contributed by atoms with Crippen LogP contribution < -0.4 is 0 Å². The molecule has 1 aromatic heterocycles. The van der Waals surface area contributed by atoms with Crippen LogP contribution in [0.3, 0.4) is 0 Å². The minimum Gasteiger partial charge on any atom is -0.236 e. The Morgan fingerprint density at radius 2 is 2.00 bits per heavy atom. The summed E-state index contributed by atoms with van der Waals surface area (Å²) in [5.74, 6) is -0.0263. The molecule has 0 fully saturated rings. The van der Waals surface area contributed by atoms with Crippen molar-refractivity contribution in [3.63, 3.8) is 0 Å². The lowest BCUT2D eigenvalue weighted by molar-refractivity contribution is 0.623. The molecule has 2 aromatic rings. The summed E-state index contributed by atoms with van der Waals surface area (Å²) in [5, 5.41) is 1.34. The molecule has 0 saturated heterocycles. The number of aromatic nitrogens is 1. The number of nitrogens with zero attached hydrogens (tertiary/aromatic N) is 1. The maximum absolute atomic E-state index is 13.3. The van der Waals surface area contributed by atoms with E-state index in [1.54, 1.807) is 6.07 Å². The van der Waals surface area contributed by atoms with Gasteiger partial charge < -0.3 is 0 Å². The van der Waals surface area contributed by atoms with Crippen molar-refractivity contribution >= 4 is 38.4 Å². The van der Waals surface area contributed by atoms with Crippen LogP contribution in [-0.2, 0) is 0 Å². The van der Waals surface area contributed by atoms with Crippen LogP contribution in [0.2, 0.25) is 5.15 Å². The van der Waals surface area contributed by atoms with Gasteiger partial charge >= 0.3 is 0 Å². The molecule has 1 aromatic carbocycles. The zero-order valence-corrected chi connectivity index (χ0v) is 11.2. The third kappa shape index (κ3) is 2.06. The van der Waals surface area contributed by atoms with Crippen molar-refractivity contribution in [3.05, 3.63) is 39.2 Å². The van der Waals surface area contributed by atoms with Gasteiger partial charge in [0.25, 0.3) is 0 Å². The summed E-state index contributed by atoms with van der Waals surface area (Å²) >= 11 is 9.21. The topological polar surface area (TPSA) is 12.9 Å². The quantitative estimate of drug-likeness (QED) is 0.682. The Morgan fingerprint density at radius 3 is 2.62 bits per heavy atom. The standard InChI is InChI=1S/C12H10BrClFN/c1-6(2)8-3-7-4-9(13)10(15)5-11(7)16-12(8)14/h3-6H,1-2H3. The van der Waals surface area contributed by atoms with Gasteiger partial charge in [-0.05, 0) is 39.5 Å². The molecule has 0 amide bonds. The van der Waals surface area contributed by atoms with Gasteiger partial charge in [0.1, 0.15) is 11.0 Å². The fourth-order valence-electron chi connectivity index (χ4n) is 1.57. The monoisotopic (exact) mass is 301 g/mol. The van der Waals surface area contributed by atoms with Crippen molar-refractivity contribution in [1.29, 1.82) is 0 Å². The first-order valence-corrected chi connectivity index (χ1v) is 6.11. The zero-order chi connectivity index (χ0) is 11.9. The second-order valence-electron chi connectivity index (χ2n) is 3.98. The third-order valence-electron chi connectivity index (χ3n) is 2.46. The predicted molar refractivity (Wildman–Crippen MR) is 68.5 cm³/mol. The summed E-state index contributed by atoms with van der Waals surface area (Å²) in [6.45, 7) is 4.10. The van der Waals surface area contributed by atoms with Crippen LogP contribution in [0.1, 0.15) is 25.3 Å². The highest BCUT2D eigenvalue weighted by Crippen LogP contribution is 2.29. The van der Waals surface area contributed by atoms with E-state index in [1.165, 1.54) is 6.07 Å². The molecule has 0 N–H and O–H groups in total. The molecule has 4 heteroatoms. The van der Waals surface area contributed by atoms with Gasteiger partial charge in [-0.2, -0.15) is 0 Å². The lowest BCUT2D eigenvalue weighted by atomic mass is 10.0. The Bertz CT molecular complexity index is 554. The normalized spacial score (nSPS) is 11.4. The van der Waals surface area contributed by atoms with Gasteiger partial charge in [0, 0.05) is 11.5 Å². The Kier molecular flexibility index (Phi) is 3.17. The first kappa shape index (κ1) is 11.8. The van der Waals surface area contributed by atoms with E-state index in [0.29, 0.717) is 21.1 Å². The van der Waals surface area contributed by atoms with Crippen molar-refractivity contribution in [3.8, 4) is 0 Å². The van der Waals surface area contributed by atoms with Gasteiger partial charge in [-0.15, -0.1) is 0 Å². The number of halogens is 3. The lowest BCUT2D eigenvalue weighted by Crippen LogP contribution is -1.93. The van der Waals surface area contributed by atoms with E-state index in [0.717, 1.165) is 10.9 Å². The summed E-state index contributed by atoms with van der Waals surface area (Å²) in [6, 6.07) is 5.06. The average Bonchev–Trinajstić information content (AvgIpc) is 2.19. The first-order chi connectivity index (χ1) is 7.49. The lowest BCUT2D eigenvalue weighted by Gasteiger charge is -2.09. The molecule has 0 aliphatic rings. The number of fused-ring (bicyclic) bond motifs is 1. The summed E-state index contributed by atoms with van der Waals surface area (Å²) in [7, 11) is 0. The molecule has 0 spiro atoms. The number of rotatable bonds is 1. The molecule has 1 heterocycles. The molecular weight excluding hydrogens is 292 g/mol. The maximum Gasteiger partial charge on any atom is 0.139 e. The van der Waals surface area contributed by atoms with Crippen LogP contribution >= 0.6 is 27.5 Å². The number of hydrogen-bond acceptors (Lipinski definition) is 1. The fourth-order valence-corrected chi connectivity index (χ4v) is 2.29. The van der Waals surface area contributed by atoms with E-state index in [9.17, 15) is 4.39 Å². The third-order valence-corrected chi connectivity index (χ3v) is 3.37. The van der Waals surface area contributed by atoms with Crippen molar-refractivity contribution in [1.82, 2.24) is 4.98 Å². The van der Waals surface area contributed by atoms with Crippen molar-refractivity contribution in [2.45, 2.75) is 19.8 Å². The van der Waals surface area contributed by atoms with E-state index in [-0.39, 0.29) is 5.82 Å². The minimum absolute atomic E-state index is 0.299. The van der Waals surface area contributed by atoms with Crippen LogP contribution in [0, 0.1) is 5.82 Å². The van der Waals surface area contributed by atoms with Crippen LogP contribution in [0.15, 0.2) is 22.7 Å². The van der Waals surface area contributed by atoms with Crippen molar-refractivity contribution < 1.29 is 4.39 Å². The molecule has 0 bridgehead atoms. The van der Waals surface area contributed by atoms with Gasteiger partial charge in [0.05, 0.1) is 9.99 Å². The predicted octanol–water partition coefficient (Wildman–Crippen LogP) is 4.91. The minimum atomic E-state index is -0.326. The van der Waals surface area contributed by atoms with E-state index in [1.807, 2.05) is 19.9 Å².